The minimum Gasteiger partial charge on any atom is -0.400 e. The number of piperidine rings is 1. The second-order valence-corrected chi connectivity index (χ2v) is 6.29. The van der Waals surface area contributed by atoms with Gasteiger partial charge in [0.25, 0.3) is 0 Å². The van der Waals surface area contributed by atoms with E-state index in [1.165, 1.54) is 25.0 Å². The van der Waals surface area contributed by atoms with E-state index in [9.17, 15) is 0 Å². The Bertz CT molecular complexity index is 309. The van der Waals surface area contributed by atoms with Crippen LogP contribution in [0.2, 0.25) is 0 Å². The smallest absolute Gasteiger partial charge is 0.400 e. The van der Waals surface area contributed by atoms with Gasteiger partial charge >= 0.3 is 7.12 Å². The number of likely N-dealkylation sites (N-methyl/N-ethyl adjacent to an activating group) is 1. The fraction of sp³-hybridized carbons (Fsp3) is 0.846. The molecule has 2 saturated heterocycles. The molecule has 0 aliphatic carbocycles. The van der Waals surface area contributed by atoms with Crippen LogP contribution in [0.4, 0.5) is 0 Å². The summed E-state index contributed by atoms with van der Waals surface area (Å²) in [7, 11) is 1.98. The highest BCUT2D eigenvalue weighted by molar-refractivity contribution is 6.51. The van der Waals surface area contributed by atoms with Crippen molar-refractivity contribution in [1.29, 1.82) is 0 Å². The second-order valence-electron chi connectivity index (χ2n) is 6.29. The summed E-state index contributed by atoms with van der Waals surface area (Å²) in [4.78, 5) is 2.35. The van der Waals surface area contributed by atoms with Crippen molar-refractivity contribution in [3.8, 4) is 0 Å². The van der Waals surface area contributed by atoms with E-state index in [1.807, 2.05) is 0 Å². The molecule has 3 nitrogen and oxygen atoms in total. The molecule has 0 unspecified atom stereocenters. The van der Waals surface area contributed by atoms with Crippen LogP contribution < -0.4 is 0 Å². The first kappa shape index (κ1) is 13.1. The van der Waals surface area contributed by atoms with Gasteiger partial charge in [0.2, 0.25) is 0 Å². The molecule has 4 heteroatoms. The molecular formula is C13H24BNO2. The Morgan fingerprint density at radius 3 is 2.29 bits per heavy atom. The van der Waals surface area contributed by atoms with Crippen molar-refractivity contribution in [2.24, 2.45) is 0 Å². The summed E-state index contributed by atoms with van der Waals surface area (Å²) in [6.07, 6.45) is 2.41. The molecule has 0 aromatic rings. The molecule has 2 heterocycles. The van der Waals surface area contributed by atoms with Gasteiger partial charge in [-0.15, -0.1) is 0 Å². The molecule has 0 radical (unpaired) electrons. The molecule has 0 aromatic heterocycles. The normalized spacial score (nSPS) is 31.1. The first-order chi connectivity index (χ1) is 7.80. The van der Waals surface area contributed by atoms with E-state index in [0.29, 0.717) is 0 Å². The van der Waals surface area contributed by atoms with E-state index >= 15 is 0 Å². The van der Waals surface area contributed by atoms with Crippen molar-refractivity contribution in [2.45, 2.75) is 51.7 Å². The van der Waals surface area contributed by atoms with Crippen LogP contribution in [-0.4, -0.2) is 43.4 Å². The standard InChI is InChI=1S/C13H24BNO2/c1-12(2)13(3,4)17-14(16-12)9-11-7-6-8-15(5)10-11/h9H,6-8,10H2,1-5H3/b11-9-. The van der Waals surface area contributed by atoms with Crippen molar-refractivity contribution in [1.82, 2.24) is 4.90 Å². The third-order valence-corrected chi connectivity index (χ3v) is 4.15. The zero-order chi connectivity index (χ0) is 12.7. The summed E-state index contributed by atoms with van der Waals surface area (Å²) in [6, 6.07) is 0. The number of nitrogens with zero attached hydrogens (tertiary/aromatic N) is 1. The number of rotatable bonds is 1. The maximum absolute atomic E-state index is 5.98. The average molecular weight is 237 g/mol. The summed E-state index contributed by atoms with van der Waals surface area (Å²) < 4.78 is 12.0. The van der Waals surface area contributed by atoms with Crippen LogP contribution in [0.1, 0.15) is 40.5 Å². The van der Waals surface area contributed by atoms with Gasteiger partial charge in [0.15, 0.2) is 0 Å². The molecule has 2 fully saturated rings. The van der Waals surface area contributed by atoms with Crippen LogP contribution in [0.5, 0.6) is 0 Å². The van der Waals surface area contributed by atoms with Gasteiger partial charge in [-0.05, 0) is 54.1 Å². The monoisotopic (exact) mass is 237 g/mol. The predicted octanol–water partition coefficient (Wildman–Crippen LogP) is 2.27. The van der Waals surface area contributed by atoms with Crippen LogP contribution >= 0.6 is 0 Å². The minimum absolute atomic E-state index is 0.179. The molecule has 0 atom stereocenters. The molecule has 0 saturated carbocycles. The third-order valence-electron chi connectivity index (χ3n) is 4.15. The molecule has 0 aromatic carbocycles. The molecular weight excluding hydrogens is 213 g/mol. The molecule has 0 spiro atoms. The van der Waals surface area contributed by atoms with Crippen LogP contribution in [-0.2, 0) is 9.31 Å². The lowest BCUT2D eigenvalue weighted by Crippen LogP contribution is -2.41. The van der Waals surface area contributed by atoms with Gasteiger partial charge in [-0.25, -0.2) is 0 Å². The first-order valence-electron chi connectivity index (χ1n) is 6.54. The SMILES string of the molecule is CN1CCC/C(=C/B2OC(C)(C)C(C)(C)O2)C1. The van der Waals surface area contributed by atoms with E-state index in [2.05, 4.69) is 45.6 Å². The van der Waals surface area contributed by atoms with Crippen LogP contribution in [0.3, 0.4) is 0 Å². The van der Waals surface area contributed by atoms with Crippen molar-refractivity contribution >= 4 is 7.12 Å². The van der Waals surface area contributed by atoms with E-state index < -0.39 is 0 Å². The van der Waals surface area contributed by atoms with Crippen molar-refractivity contribution in [2.75, 3.05) is 20.1 Å². The molecule has 17 heavy (non-hydrogen) atoms. The molecule has 2 aliphatic heterocycles. The molecule has 0 amide bonds. The van der Waals surface area contributed by atoms with Gasteiger partial charge in [-0.3, -0.25) is 0 Å². The lowest BCUT2D eigenvalue weighted by Gasteiger charge is -2.32. The highest BCUT2D eigenvalue weighted by atomic mass is 16.7. The largest absolute Gasteiger partial charge is 0.487 e. The topological polar surface area (TPSA) is 21.7 Å². The third kappa shape index (κ3) is 2.75. The van der Waals surface area contributed by atoms with E-state index in [0.717, 1.165) is 6.54 Å². The summed E-state index contributed by atoms with van der Waals surface area (Å²) in [5, 5.41) is 0. The van der Waals surface area contributed by atoms with Crippen molar-refractivity contribution < 1.29 is 9.31 Å². The van der Waals surface area contributed by atoms with Gasteiger partial charge in [-0.2, -0.15) is 0 Å². The number of likely N-dealkylation sites (tertiary alicyclic amines) is 1. The highest BCUT2D eigenvalue weighted by Gasteiger charge is 2.50. The minimum atomic E-state index is -0.227. The fourth-order valence-corrected chi connectivity index (χ4v) is 2.37. The highest BCUT2D eigenvalue weighted by Crippen LogP contribution is 2.37. The lowest BCUT2D eigenvalue weighted by molar-refractivity contribution is 0.00578. The summed E-state index contributed by atoms with van der Waals surface area (Å²) in [5.41, 5.74) is 0.988. The van der Waals surface area contributed by atoms with Crippen molar-refractivity contribution in [3.63, 3.8) is 0 Å². The zero-order valence-corrected chi connectivity index (χ0v) is 11.7. The van der Waals surface area contributed by atoms with Gasteiger partial charge < -0.3 is 14.2 Å². The van der Waals surface area contributed by atoms with Crippen LogP contribution in [0, 0.1) is 0 Å². The zero-order valence-electron chi connectivity index (χ0n) is 11.7. The van der Waals surface area contributed by atoms with Gasteiger partial charge in [0, 0.05) is 6.54 Å². The van der Waals surface area contributed by atoms with Crippen LogP contribution in [0.25, 0.3) is 0 Å². The quantitative estimate of drug-likeness (QED) is 0.653. The Kier molecular flexibility index (Phi) is 3.41. The van der Waals surface area contributed by atoms with E-state index in [1.54, 1.807) is 0 Å². The molecule has 96 valence electrons. The van der Waals surface area contributed by atoms with E-state index in [4.69, 9.17) is 9.31 Å². The van der Waals surface area contributed by atoms with Gasteiger partial charge in [-0.1, -0.05) is 11.5 Å². The van der Waals surface area contributed by atoms with E-state index in [-0.39, 0.29) is 18.3 Å². The fourth-order valence-electron chi connectivity index (χ4n) is 2.37. The Labute approximate surface area is 105 Å². The van der Waals surface area contributed by atoms with Gasteiger partial charge in [0.1, 0.15) is 0 Å². The Hall–Kier alpha value is -0.315. The average Bonchev–Trinajstić information content (AvgIpc) is 2.34. The Balaban J connectivity index is 2.04. The Morgan fingerprint density at radius 1 is 1.18 bits per heavy atom. The second kappa shape index (κ2) is 4.41. The number of hydrogen-bond donors (Lipinski definition) is 0. The maximum atomic E-state index is 5.98. The molecule has 2 aliphatic rings. The van der Waals surface area contributed by atoms with Gasteiger partial charge in [0.05, 0.1) is 11.2 Å². The number of hydrogen-bond acceptors (Lipinski definition) is 3. The molecule has 0 bridgehead atoms. The first-order valence-corrected chi connectivity index (χ1v) is 6.54. The summed E-state index contributed by atoms with van der Waals surface area (Å²) >= 11 is 0. The summed E-state index contributed by atoms with van der Waals surface area (Å²) in [5.74, 6) is 2.17. The molecule has 2 rings (SSSR count). The maximum Gasteiger partial charge on any atom is 0.487 e. The Morgan fingerprint density at radius 2 is 1.76 bits per heavy atom. The van der Waals surface area contributed by atoms with Crippen molar-refractivity contribution in [3.05, 3.63) is 11.5 Å². The lowest BCUT2D eigenvalue weighted by atomic mass is 9.85. The van der Waals surface area contributed by atoms with Crippen LogP contribution in [0.15, 0.2) is 11.5 Å². The summed E-state index contributed by atoms with van der Waals surface area (Å²) in [6.45, 7) is 10.6. The molecule has 0 N–H and O–H groups in total. The predicted molar refractivity (Wildman–Crippen MR) is 70.9 cm³/mol.